The Morgan fingerprint density at radius 1 is 0.833 bits per heavy atom. The lowest BCUT2D eigenvalue weighted by molar-refractivity contribution is 0.204. The minimum absolute atomic E-state index is 0. The van der Waals surface area contributed by atoms with Gasteiger partial charge in [0.05, 0.1) is 0 Å². The SMILES string of the molecule is C.C.CCC.CCC.CCNC(=O)N(CC)CC. The molecule has 18 heavy (non-hydrogen) atoms. The number of hydrogen-bond acceptors (Lipinski definition) is 1. The van der Waals surface area contributed by atoms with E-state index in [2.05, 4.69) is 33.0 Å². The molecule has 0 saturated heterocycles. The molecule has 1 N–H and O–H groups in total. The van der Waals surface area contributed by atoms with Gasteiger partial charge in [0.15, 0.2) is 0 Å². The molecule has 2 amide bonds. The molecule has 0 aliphatic heterocycles. The number of hydrogen-bond donors (Lipinski definition) is 1. The fourth-order valence-electron chi connectivity index (χ4n) is 0.774. The molecule has 116 valence electrons. The molecule has 0 aromatic carbocycles. The summed E-state index contributed by atoms with van der Waals surface area (Å²) in [7, 11) is 0. The minimum atomic E-state index is 0. The van der Waals surface area contributed by atoms with E-state index in [0.717, 1.165) is 13.1 Å². The van der Waals surface area contributed by atoms with Crippen LogP contribution in [0.5, 0.6) is 0 Å². The summed E-state index contributed by atoms with van der Waals surface area (Å²) in [6, 6.07) is 0.0347. The molecule has 0 rings (SSSR count). The normalized spacial score (nSPS) is 7.06. The molecule has 0 spiro atoms. The third-order valence-corrected chi connectivity index (χ3v) is 1.38. The summed E-state index contributed by atoms with van der Waals surface area (Å²) in [5.41, 5.74) is 0. The largest absolute Gasteiger partial charge is 0.338 e. The second-order valence-corrected chi connectivity index (χ2v) is 3.42. The Kier molecular flexibility index (Phi) is 50.4. The second-order valence-electron chi connectivity index (χ2n) is 3.42. The van der Waals surface area contributed by atoms with Gasteiger partial charge in [-0.05, 0) is 20.8 Å². The second kappa shape index (κ2) is 29.9. The van der Waals surface area contributed by atoms with Crippen LogP contribution in [-0.4, -0.2) is 30.6 Å². The minimum Gasteiger partial charge on any atom is -0.338 e. The molecule has 0 unspecified atom stereocenters. The van der Waals surface area contributed by atoms with Gasteiger partial charge in [0.2, 0.25) is 0 Å². The van der Waals surface area contributed by atoms with E-state index >= 15 is 0 Å². The van der Waals surface area contributed by atoms with Crippen LogP contribution >= 0.6 is 0 Å². The molecule has 0 bridgehead atoms. The fourth-order valence-corrected chi connectivity index (χ4v) is 0.774. The first-order valence-corrected chi connectivity index (χ1v) is 6.61. The van der Waals surface area contributed by atoms with Gasteiger partial charge in [-0.2, -0.15) is 0 Å². The number of amides is 2. The standard InChI is InChI=1S/C7H16N2O.2C3H8.2CH4/c1-4-8-7(10)9(5-2)6-3;2*1-3-2;;/h4-6H2,1-3H3,(H,8,10);2*3H2,1-2H3;2*1H4. The van der Waals surface area contributed by atoms with Crippen molar-refractivity contribution >= 4 is 6.03 Å². The van der Waals surface area contributed by atoms with Gasteiger partial charge in [0.25, 0.3) is 0 Å². The Bertz CT molecular complexity index is 122. The highest BCUT2D eigenvalue weighted by Crippen LogP contribution is 1.86. The Morgan fingerprint density at radius 3 is 1.28 bits per heavy atom. The van der Waals surface area contributed by atoms with Gasteiger partial charge < -0.3 is 10.2 Å². The van der Waals surface area contributed by atoms with Crippen molar-refractivity contribution in [1.82, 2.24) is 10.2 Å². The predicted octanol–water partition coefficient (Wildman–Crippen LogP) is 5.16. The number of nitrogens with one attached hydrogen (secondary N) is 1. The van der Waals surface area contributed by atoms with E-state index in [0.29, 0.717) is 6.54 Å². The van der Waals surface area contributed by atoms with Gasteiger partial charge in [-0.1, -0.05) is 55.4 Å². The summed E-state index contributed by atoms with van der Waals surface area (Å²) in [6.07, 6.45) is 2.50. The highest BCUT2D eigenvalue weighted by atomic mass is 16.2. The van der Waals surface area contributed by atoms with E-state index in [1.807, 2.05) is 20.8 Å². The molecule has 0 saturated carbocycles. The van der Waals surface area contributed by atoms with E-state index < -0.39 is 0 Å². The molecule has 0 aromatic heterocycles. The molecule has 0 fully saturated rings. The highest BCUT2D eigenvalue weighted by molar-refractivity contribution is 5.73. The summed E-state index contributed by atoms with van der Waals surface area (Å²) >= 11 is 0. The van der Waals surface area contributed by atoms with Gasteiger partial charge in [0.1, 0.15) is 0 Å². The topological polar surface area (TPSA) is 32.3 Å². The smallest absolute Gasteiger partial charge is 0.317 e. The van der Waals surface area contributed by atoms with Crippen LogP contribution in [0, 0.1) is 0 Å². The number of carbonyl (C=O) groups is 1. The summed E-state index contributed by atoms with van der Waals surface area (Å²) in [6.45, 7) is 16.6. The summed E-state index contributed by atoms with van der Waals surface area (Å²) in [4.78, 5) is 12.8. The van der Waals surface area contributed by atoms with Crippen LogP contribution in [0.25, 0.3) is 0 Å². The molecular formula is C15H40N2O. The fraction of sp³-hybridized carbons (Fsp3) is 0.933. The van der Waals surface area contributed by atoms with Crippen molar-refractivity contribution < 1.29 is 4.79 Å². The van der Waals surface area contributed by atoms with Crippen molar-refractivity contribution in [1.29, 1.82) is 0 Å². The van der Waals surface area contributed by atoms with Crippen molar-refractivity contribution in [3.8, 4) is 0 Å². The zero-order valence-corrected chi connectivity index (χ0v) is 12.4. The predicted molar refractivity (Wildman–Crippen MR) is 87.4 cm³/mol. The zero-order chi connectivity index (χ0) is 13.4. The number of urea groups is 1. The number of carbonyl (C=O) groups excluding carboxylic acids is 1. The molecule has 3 heteroatoms. The van der Waals surface area contributed by atoms with Gasteiger partial charge in [-0.15, -0.1) is 0 Å². The van der Waals surface area contributed by atoms with Crippen LogP contribution < -0.4 is 5.32 Å². The van der Waals surface area contributed by atoms with Crippen molar-refractivity contribution in [3.05, 3.63) is 0 Å². The first-order valence-electron chi connectivity index (χ1n) is 6.61. The Labute approximate surface area is 117 Å². The summed E-state index contributed by atoms with van der Waals surface area (Å²) in [5.74, 6) is 0. The number of rotatable bonds is 3. The molecule has 0 atom stereocenters. The van der Waals surface area contributed by atoms with Gasteiger partial charge in [0, 0.05) is 19.6 Å². The van der Waals surface area contributed by atoms with Crippen molar-refractivity contribution in [2.24, 2.45) is 0 Å². The molecule has 0 aliphatic carbocycles. The summed E-state index contributed by atoms with van der Waals surface area (Å²) < 4.78 is 0. The van der Waals surface area contributed by atoms with Gasteiger partial charge >= 0.3 is 6.03 Å². The molecule has 0 aromatic rings. The first-order chi connectivity index (χ1) is 7.59. The average molecular weight is 264 g/mol. The maximum Gasteiger partial charge on any atom is 0.317 e. The number of nitrogens with zero attached hydrogens (tertiary/aromatic N) is 1. The van der Waals surface area contributed by atoms with Crippen molar-refractivity contribution in [2.45, 2.75) is 76.2 Å². The third-order valence-electron chi connectivity index (χ3n) is 1.38. The van der Waals surface area contributed by atoms with Crippen LogP contribution in [0.2, 0.25) is 0 Å². The first kappa shape index (κ1) is 30.4. The molecule has 0 radical (unpaired) electrons. The Hall–Kier alpha value is -0.730. The quantitative estimate of drug-likeness (QED) is 0.750. The Balaban J connectivity index is -0.0000000603. The molecule has 3 nitrogen and oxygen atoms in total. The van der Waals surface area contributed by atoms with Crippen LogP contribution in [0.4, 0.5) is 4.79 Å². The molecule has 0 aliphatic rings. The third kappa shape index (κ3) is 29.5. The van der Waals surface area contributed by atoms with E-state index in [1.165, 1.54) is 12.8 Å². The monoisotopic (exact) mass is 264 g/mol. The van der Waals surface area contributed by atoms with Crippen LogP contribution in [0.1, 0.15) is 76.2 Å². The lowest BCUT2D eigenvalue weighted by atomic mass is 10.5. The van der Waals surface area contributed by atoms with Crippen LogP contribution in [-0.2, 0) is 0 Å². The molecular weight excluding hydrogens is 224 g/mol. The molecule has 0 heterocycles. The zero-order valence-electron chi connectivity index (χ0n) is 12.4. The summed E-state index contributed by atoms with van der Waals surface area (Å²) in [5, 5.41) is 2.73. The van der Waals surface area contributed by atoms with Crippen molar-refractivity contribution in [3.63, 3.8) is 0 Å². The maximum absolute atomic E-state index is 11.0. The van der Waals surface area contributed by atoms with Crippen LogP contribution in [0.3, 0.4) is 0 Å². The van der Waals surface area contributed by atoms with E-state index in [9.17, 15) is 4.79 Å². The van der Waals surface area contributed by atoms with Gasteiger partial charge in [-0.3, -0.25) is 0 Å². The van der Waals surface area contributed by atoms with E-state index in [4.69, 9.17) is 0 Å². The van der Waals surface area contributed by atoms with Gasteiger partial charge in [-0.25, -0.2) is 4.79 Å². The van der Waals surface area contributed by atoms with E-state index in [1.54, 1.807) is 4.90 Å². The Morgan fingerprint density at radius 2 is 1.11 bits per heavy atom. The lowest BCUT2D eigenvalue weighted by Crippen LogP contribution is -2.39. The lowest BCUT2D eigenvalue weighted by Gasteiger charge is -2.18. The maximum atomic E-state index is 11.0. The van der Waals surface area contributed by atoms with E-state index in [-0.39, 0.29) is 20.9 Å². The van der Waals surface area contributed by atoms with Crippen molar-refractivity contribution in [2.75, 3.05) is 19.6 Å². The average Bonchev–Trinajstić information content (AvgIpc) is 2.22. The highest BCUT2D eigenvalue weighted by Gasteiger charge is 2.05. The van der Waals surface area contributed by atoms with Crippen LogP contribution in [0.15, 0.2) is 0 Å².